The van der Waals surface area contributed by atoms with Crippen molar-refractivity contribution in [2.45, 2.75) is 0 Å². The normalized spacial score (nSPS) is 11.6. The summed E-state index contributed by atoms with van der Waals surface area (Å²) in [5, 5.41) is 7.10. The summed E-state index contributed by atoms with van der Waals surface area (Å²) in [6.45, 7) is 0. The van der Waals surface area contributed by atoms with Gasteiger partial charge in [-0.25, -0.2) is 0 Å². The Bertz CT molecular complexity index is 3550. The Hall–Kier alpha value is -8.14. The van der Waals surface area contributed by atoms with E-state index < -0.39 is 0 Å². The molecule has 0 spiro atoms. The molecule has 3 nitrogen and oxygen atoms in total. The zero-order valence-corrected chi connectivity index (χ0v) is 33.2. The molecule has 12 aromatic rings. The van der Waals surface area contributed by atoms with Gasteiger partial charge in [-0.3, -0.25) is 0 Å². The van der Waals surface area contributed by atoms with Gasteiger partial charge < -0.3 is 13.9 Å². The molecule has 0 unspecified atom stereocenters. The molecule has 0 bridgehead atoms. The maximum absolute atomic E-state index is 6.78. The lowest BCUT2D eigenvalue weighted by atomic mass is 10.0. The van der Waals surface area contributed by atoms with Crippen LogP contribution >= 0.6 is 0 Å². The third-order valence-electron chi connectivity index (χ3n) is 12.2. The Morgan fingerprint density at radius 3 is 1.51 bits per heavy atom. The Morgan fingerprint density at radius 2 is 0.836 bits per heavy atom. The van der Waals surface area contributed by atoms with Crippen LogP contribution in [0, 0.1) is 0 Å². The Morgan fingerprint density at radius 1 is 0.344 bits per heavy atom. The largest absolute Gasteiger partial charge is 0.454 e. The standard InChI is InChI=1S/C58H38N2O/c1-3-13-39(14-4-1)41-23-30-46(31-24-41)59(55-38-45-17-7-8-18-49(45)57-51-20-10-12-22-56(51)61-58(55)57)47-32-25-42(26-33-47)43-27-34-48(35-28-43)60-53-21-11-9-19-50(53)52-37-44(29-36-54(52)60)40-15-5-2-6-16-40/h1-38H. The quantitative estimate of drug-likeness (QED) is 0.161. The Labute approximate surface area is 353 Å². The van der Waals surface area contributed by atoms with E-state index in [0.29, 0.717) is 0 Å². The maximum atomic E-state index is 6.78. The fraction of sp³-hybridized carbons (Fsp3) is 0. The average Bonchev–Trinajstić information content (AvgIpc) is 3.89. The molecule has 0 saturated carbocycles. The van der Waals surface area contributed by atoms with Crippen molar-refractivity contribution >= 4 is 71.6 Å². The molecule has 0 radical (unpaired) electrons. The van der Waals surface area contributed by atoms with Gasteiger partial charge in [-0.05, 0) is 111 Å². The Balaban J connectivity index is 0.950. The molecular formula is C58H38N2O. The number of aromatic nitrogens is 1. The summed E-state index contributed by atoms with van der Waals surface area (Å²) in [6, 6.07) is 82.7. The number of nitrogens with zero attached hydrogens (tertiary/aromatic N) is 2. The van der Waals surface area contributed by atoms with E-state index in [1.807, 2.05) is 6.07 Å². The van der Waals surface area contributed by atoms with Gasteiger partial charge in [-0.15, -0.1) is 0 Å². The van der Waals surface area contributed by atoms with E-state index in [1.54, 1.807) is 0 Å². The number of fused-ring (bicyclic) bond motifs is 8. The molecule has 3 heteroatoms. The molecule has 0 aliphatic heterocycles. The molecular weight excluding hydrogens is 741 g/mol. The number of benzene rings is 10. The van der Waals surface area contributed by atoms with Crippen molar-refractivity contribution in [1.82, 2.24) is 4.57 Å². The van der Waals surface area contributed by atoms with E-state index >= 15 is 0 Å². The van der Waals surface area contributed by atoms with E-state index in [4.69, 9.17) is 4.42 Å². The SMILES string of the molecule is c1ccc(-c2ccc(N(c3ccc(-c4ccc(-n5c6ccccc6c6cc(-c7ccccc7)ccc65)cc4)cc3)c3cc4ccccc4c4c3oc3ccccc34)cc2)cc1. The second-order valence-corrected chi connectivity index (χ2v) is 15.7. The van der Waals surface area contributed by atoms with Crippen molar-refractivity contribution in [1.29, 1.82) is 0 Å². The van der Waals surface area contributed by atoms with Crippen LogP contribution in [0.3, 0.4) is 0 Å². The summed E-state index contributed by atoms with van der Waals surface area (Å²) in [7, 11) is 0. The minimum absolute atomic E-state index is 0.869. The van der Waals surface area contributed by atoms with Gasteiger partial charge in [0.2, 0.25) is 0 Å². The van der Waals surface area contributed by atoms with Gasteiger partial charge in [0.25, 0.3) is 0 Å². The number of rotatable bonds is 7. The van der Waals surface area contributed by atoms with Crippen LogP contribution in [-0.2, 0) is 0 Å². The van der Waals surface area contributed by atoms with Crippen LogP contribution in [0.5, 0.6) is 0 Å². The van der Waals surface area contributed by atoms with Crippen LogP contribution in [0.4, 0.5) is 17.1 Å². The lowest BCUT2D eigenvalue weighted by Crippen LogP contribution is -2.10. The summed E-state index contributed by atoms with van der Waals surface area (Å²) >= 11 is 0. The highest BCUT2D eigenvalue weighted by atomic mass is 16.3. The molecule has 0 amide bonds. The summed E-state index contributed by atoms with van der Waals surface area (Å²) in [4.78, 5) is 2.34. The molecule has 2 heterocycles. The zero-order chi connectivity index (χ0) is 40.3. The van der Waals surface area contributed by atoms with Gasteiger partial charge in [0, 0.05) is 38.6 Å². The van der Waals surface area contributed by atoms with Crippen LogP contribution < -0.4 is 4.90 Å². The molecule has 0 atom stereocenters. The van der Waals surface area contributed by atoms with Crippen LogP contribution in [0.15, 0.2) is 235 Å². The molecule has 0 aliphatic rings. The highest BCUT2D eigenvalue weighted by molar-refractivity contribution is 6.23. The van der Waals surface area contributed by atoms with Crippen LogP contribution in [0.1, 0.15) is 0 Å². The lowest BCUT2D eigenvalue weighted by molar-refractivity contribution is 0.669. The molecule has 2 aromatic heterocycles. The predicted octanol–water partition coefficient (Wildman–Crippen LogP) is 16.3. The molecule has 0 N–H and O–H groups in total. The van der Waals surface area contributed by atoms with Crippen molar-refractivity contribution in [3.8, 4) is 39.1 Å². The lowest BCUT2D eigenvalue weighted by Gasteiger charge is -2.26. The Kier molecular flexibility index (Phi) is 8.17. The number of hydrogen-bond donors (Lipinski definition) is 0. The number of hydrogen-bond acceptors (Lipinski definition) is 2. The summed E-state index contributed by atoms with van der Waals surface area (Å²) in [5.41, 5.74) is 15.5. The van der Waals surface area contributed by atoms with Crippen molar-refractivity contribution in [2.24, 2.45) is 0 Å². The van der Waals surface area contributed by atoms with Crippen molar-refractivity contribution in [2.75, 3.05) is 4.90 Å². The fourth-order valence-electron chi connectivity index (χ4n) is 9.25. The highest BCUT2D eigenvalue weighted by Gasteiger charge is 2.22. The van der Waals surface area contributed by atoms with Gasteiger partial charge in [0.1, 0.15) is 5.58 Å². The van der Waals surface area contributed by atoms with Gasteiger partial charge in [0.15, 0.2) is 5.58 Å². The minimum atomic E-state index is 0.869. The van der Waals surface area contributed by atoms with Crippen LogP contribution in [-0.4, -0.2) is 4.57 Å². The first-order valence-corrected chi connectivity index (χ1v) is 20.8. The summed E-state index contributed by atoms with van der Waals surface area (Å²) < 4.78 is 9.16. The summed E-state index contributed by atoms with van der Waals surface area (Å²) in [6.07, 6.45) is 0. The van der Waals surface area contributed by atoms with E-state index in [1.165, 1.54) is 54.8 Å². The topological polar surface area (TPSA) is 21.3 Å². The maximum Gasteiger partial charge on any atom is 0.160 e. The molecule has 286 valence electrons. The first-order valence-electron chi connectivity index (χ1n) is 20.8. The molecule has 12 rings (SSSR count). The highest BCUT2D eigenvalue weighted by Crippen LogP contribution is 2.46. The van der Waals surface area contributed by atoms with E-state index in [2.05, 4.69) is 234 Å². The smallest absolute Gasteiger partial charge is 0.160 e. The van der Waals surface area contributed by atoms with Crippen molar-refractivity contribution in [3.05, 3.63) is 231 Å². The van der Waals surface area contributed by atoms with Crippen LogP contribution in [0.2, 0.25) is 0 Å². The van der Waals surface area contributed by atoms with Gasteiger partial charge in [-0.1, -0.05) is 164 Å². The van der Waals surface area contributed by atoms with E-state index in [9.17, 15) is 0 Å². The average molecular weight is 779 g/mol. The third-order valence-corrected chi connectivity index (χ3v) is 12.2. The van der Waals surface area contributed by atoms with Gasteiger partial charge >= 0.3 is 0 Å². The first kappa shape index (κ1) is 34.9. The van der Waals surface area contributed by atoms with Gasteiger partial charge in [0.05, 0.1) is 16.7 Å². The number of anilines is 3. The first-order chi connectivity index (χ1) is 30.2. The van der Waals surface area contributed by atoms with Gasteiger partial charge in [-0.2, -0.15) is 0 Å². The summed E-state index contributed by atoms with van der Waals surface area (Å²) in [5.74, 6) is 0. The number of para-hydroxylation sites is 2. The molecule has 0 aliphatic carbocycles. The molecule has 61 heavy (non-hydrogen) atoms. The zero-order valence-electron chi connectivity index (χ0n) is 33.2. The second kappa shape index (κ2) is 14.3. The van der Waals surface area contributed by atoms with Crippen LogP contribution in [0.25, 0.3) is 93.6 Å². The second-order valence-electron chi connectivity index (χ2n) is 15.7. The van der Waals surface area contributed by atoms with E-state index in [0.717, 1.165) is 55.8 Å². The molecule has 0 saturated heterocycles. The monoisotopic (exact) mass is 778 g/mol. The minimum Gasteiger partial charge on any atom is -0.454 e. The van der Waals surface area contributed by atoms with E-state index in [-0.39, 0.29) is 0 Å². The fourth-order valence-corrected chi connectivity index (χ4v) is 9.25. The molecule has 10 aromatic carbocycles. The predicted molar refractivity (Wildman–Crippen MR) is 257 cm³/mol. The van der Waals surface area contributed by atoms with Crippen molar-refractivity contribution in [3.63, 3.8) is 0 Å². The molecule has 0 fully saturated rings. The number of furan rings is 1. The third kappa shape index (κ3) is 5.90. The van der Waals surface area contributed by atoms with Crippen molar-refractivity contribution < 1.29 is 4.42 Å².